The van der Waals surface area contributed by atoms with Gasteiger partial charge in [-0.25, -0.2) is 4.79 Å². The molecule has 1 aromatic rings. The Hall–Kier alpha value is -2.32. The SMILES string of the molecule is CC(C)(C)OC(=O)N1CCC(COc2ccc(C3CC(CC(=O)O)ON3)cc2)CC1. The van der Waals surface area contributed by atoms with Crippen molar-refractivity contribution in [3.63, 3.8) is 0 Å². The fourth-order valence-electron chi connectivity index (χ4n) is 3.68. The predicted molar refractivity (Wildman–Crippen MR) is 110 cm³/mol. The van der Waals surface area contributed by atoms with Crippen LogP contribution in [-0.2, 0) is 14.4 Å². The van der Waals surface area contributed by atoms with Gasteiger partial charge in [-0.15, -0.1) is 0 Å². The molecule has 0 bridgehead atoms. The van der Waals surface area contributed by atoms with E-state index in [0.717, 1.165) is 24.2 Å². The first-order chi connectivity index (χ1) is 14.2. The summed E-state index contributed by atoms with van der Waals surface area (Å²) in [5, 5.41) is 8.87. The first-order valence-corrected chi connectivity index (χ1v) is 10.5. The van der Waals surface area contributed by atoms with Crippen molar-refractivity contribution >= 4 is 12.1 Å². The highest BCUT2D eigenvalue weighted by atomic mass is 16.7. The van der Waals surface area contributed by atoms with Crippen LogP contribution in [0.4, 0.5) is 4.79 Å². The molecule has 2 aliphatic heterocycles. The van der Waals surface area contributed by atoms with Crippen LogP contribution < -0.4 is 10.2 Å². The summed E-state index contributed by atoms with van der Waals surface area (Å²) in [7, 11) is 0. The molecule has 1 aromatic carbocycles. The molecule has 0 spiro atoms. The number of hydrogen-bond donors (Lipinski definition) is 2. The van der Waals surface area contributed by atoms with Gasteiger partial charge in [0.25, 0.3) is 0 Å². The second kappa shape index (κ2) is 9.66. The minimum Gasteiger partial charge on any atom is -0.493 e. The molecule has 2 heterocycles. The van der Waals surface area contributed by atoms with Crippen molar-refractivity contribution < 1.29 is 29.0 Å². The van der Waals surface area contributed by atoms with Crippen molar-refractivity contribution in [1.82, 2.24) is 10.4 Å². The van der Waals surface area contributed by atoms with Crippen molar-refractivity contribution in [1.29, 1.82) is 0 Å². The fourth-order valence-corrected chi connectivity index (χ4v) is 3.68. The van der Waals surface area contributed by atoms with Crippen LogP contribution in [0.25, 0.3) is 0 Å². The minimum atomic E-state index is -0.858. The lowest BCUT2D eigenvalue weighted by atomic mass is 9.98. The molecule has 2 aliphatic rings. The standard InChI is InChI=1S/C22H32N2O6/c1-22(2,3)29-21(27)24-10-8-15(9-11-24)14-28-17-6-4-16(5-7-17)19-12-18(30-23-19)13-20(25)26/h4-7,15,18-19,23H,8-14H2,1-3H3,(H,25,26). The quantitative estimate of drug-likeness (QED) is 0.727. The average molecular weight is 421 g/mol. The van der Waals surface area contributed by atoms with E-state index in [1.54, 1.807) is 4.90 Å². The number of carboxylic acid groups (broad SMARTS) is 1. The summed E-state index contributed by atoms with van der Waals surface area (Å²) in [6.07, 6.45) is 1.86. The van der Waals surface area contributed by atoms with Crippen molar-refractivity contribution in [3.05, 3.63) is 29.8 Å². The summed E-state index contributed by atoms with van der Waals surface area (Å²) in [5.41, 5.74) is 3.48. The lowest BCUT2D eigenvalue weighted by Crippen LogP contribution is -2.42. The van der Waals surface area contributed by atoms with Crippen LogP contribution in [0, 0.1) is 5.92 Å². The highest BCUT2D eigenvalue weighted by Gasteiger charge is 2.29. The molecule has 0 radical (unpaired) electrons. The maximum Gasteiger partial charge on any atom is 0.410 e. The number of nitrogens with one attached hydrogen (secondary N) is 1. The van der Waals surface area contributed by atoms with E-state index in [0.29, 0.717) is 32.0 Å². The Morgan fingerprint density at radius 3 is 2.47 bits per heavy atom. The van der Waals surface area contributed by atoms with E-state index in [1.807, 2.05) is 45.0 Å². The summed E-state index contributed by atoms with van der Waals surface area (Å²) < 4.78 is 11.4. The summed E-state index contributed by atoms with van der Waals surface area (Å²) in [6, 6.07) is 7.80. The third kappa shape index (κ3) is 6.60. The van der Waals surface area contributed by atoms with E-state index in [2.05, 4.69) is 5.48 Å². The first-order valence-electron chi connectivity index (χ1n) is 10.5. The fraction of sp³-hybridized carbons (Fsp3) is 0.636. The van der Waals surface area contributed by atoms with Crippen LogP contribution in [0.5, 0.6) is 5.75 Å². The minimum absolute atomic E-state index is 0.00254. The van der Waals surface area contributed by atoms with E-state index in [1.165, 1.54) is 0 Å². The van der Waals surface area contributed by atoms with E-state index < -0.39 is 11.6 Å². The summed E-state index contributed by atoms with van der Waals surface area (Å²) in [4.78, 5) is 30.1. The Kier molecular flexibility index (Phi) is 7.20. The molecule has 2 unspecified atom stereocenters. The molecule has 30 heavy (non-hydrogen) atoms. The van der Waals surface area contributed by atoms with Crippen LogP contribution in [-0.4, -0.2) is 53.5 Å². The number of carbonyl (C=O) groups excluding carboxylic acids is 1. The van der Waals surface area contributed by atoms with E-state index in [9.17, 15) is 9.59 Å². The molecule has 0 aliphatic carbocycles. The zero-order valence-corrected chi connectivity index (χ0v) is 17.9. The van der Waals surface area contributed by atoms with Gasteiger partial charge in [0.2, 0.25) is 0 Å². The number of nitrogens with zero attached hydrogens (tertiary/aromatic N) is 1. The maximum absolute atomic E-state index is 12.1. The number of carboxylic acids is 1. The normalized spacial score (nSPS) is 22.7. The molecule has 3 rings (SSSR count). The van der Waals surface area contributed by atoms with Crippen LogP contribution in [0.15, 0.2) is 24.3 Å². The third-order valence-electron chi connectivity index (χ3n) is 5.31. The zero-order valence-electron chi connectivity index (χ0n) is 17.9. The lowest BCUT2D eigenvalue weighted by Gasteiger charge is -2.33. The number of hydroxylamine groups is 1. The second-order valence-electron chi connectivity index (χ2n) is 9.03. The molecule has 2 saturated heterocycles. The number of benzene rings is 1. The highest BCUT2D eigenvalue weighted by Crippen LogP contribution is 2.28. The van der Waals surface area contributed by atoms with Gasteiger partial charge < -0.3 is 19.5 Å². The van der Waals surface area contributed by atoms with Crippen LogP contribution in [0.2, 0.25) is 0 Å². The molecule has 2 N–H and O–H groups in total. The maximum atomic E-state index is 12.1. The number of likely N-dealkylation sites (tertiary alicyclic amines) is 1. The van der Waals surface area contributed by atoms with Gasteiger partial charge >= 0.3 is 12.1 Å². The summed E-state index contributed by atoms with van der Waals surface area (Å²) in [5.74, 6) is 0.350. The number of hydrogen-bond acceptors (Lipinski definition) is 6. The topological polar surface area (TPSA) is 97.3 Å². The Bertz CT molecular complexity index is 722. The van der Waals surface area contributed by atoms with Crippen LogP contribution in [0.3, 0.4) is 0 Å². The smallest absolute Gasteiger partial charge is 0.410 e. The van der Waals surface area contributed by atoms with Gasteiger partial charge in [0, 0.05) is 13.1 Å². The Labute approximate surface area is 177 Å². The van der Waals surface area contributed by atoms with E-state index in [-0.39, 0.29) is 24.7 Å². The molecule has 0 saturated carbocycles. The monoisotopic (exact) mass is 420 g/mol. The van der Waals surface area contributed by atoms with Crippen molar-refractivity contribution in [3.8, 4) is 5.75 Å². The highest BCUT2D eigenvalue weighted by molar-refractivity contribution is 5.68. The molecule has 8 nitrogen and oxygen atoms in total. The summed E-state index contributed by atoms with van der Waals surface area (Å²) >= 11 is 0. The van der Waals surface area contributed by atoms with E-state index >= 15 is 0 Å². The number of rotatable bonds is 6. The van der Waals surface area contributed by atoms with Crippen molar-refractivity contribution in [2.45, 2.75) is 64.2 Å². The molecule has 8 heteroatoms. The average Bonchev–Trinajstić information content (AvgIpc) is 3.13. The van der Waals surface area contributed by atoms with Crippen molar-refractivity contribution in [2.24, 2.45) is 5.92 Å². The number of ether oxygens (including phenoxy) is 2. The molecule has 0 aromatic heterocycles. The second-order valence-corrected chi connectivity index (χ2v) is 9.03. The molecule has 2 fully saturated rings. The molecular formula is C22H32N2O6. The van der Waals surface area contributed by atoms with Gasteiger partial charge in [-0.3, -0.25) is 9.63 Å². The molecular weight excluding hydrogens is 388 g/mol. The van der Waals surface area contributed by atoms with Gasteiger partial charge in [0.05, 0.1) is 25.2 Å². The Balaban J connectivity index is 1.40. The van der Waals surface area contributed by atoms with Gasteiger partial charge in [-0.1, -0.05) is 12.1 Å². The van der Waals surface area contributed by atoms with Gasteiger partial charge in [0.1, 0.15) is 11.4 Å². The largest absolute Gasteiger partial charge is 0.493 e. The van der Waals surface area contributed by atoms with Crippen molar-refractivity contribution in [2.75, 3.05) is 19.7 Å². The summed E-state index contributed by atoms with van der Waals surface area (Å²) in [6.45, 7) is 7.62. The predicted octanol–water partition coefficient (Wildman–Crippen LogP) is 3.52. The third-order valence-corrected chi connectivity index (χ3v) is 5.31. The Morgan fingerprint density at radius 2 is 1.87 bits per heavy atom. The van der Waals surface area contributed by atoms with Gasteiger partial charge in [-0.05, 0) is 63.6 Å². The molecule has 166 valence electrons. The first kappa shape index (κ1) is 22.4. The lowest BCUT2D eigenvalue weighted by molar-refractivity contribution is -0.140. The van der Waals surface area contributed by atoms with Gasteiger partial charge in [0.15, 0.2) is 0 Å². The zero-order chi connectivity index (χ0) is 21.7. The van der Waals surface area contributed by atoms with Gasteiger partial charge in [-0.2, -0.15) is 5.48 Å². The number of piperidine rings is 1. The number of carbonyl (C=O) groups is 2. The number of aliphatic carboxylic acids is 1. The Morgan fingerprint density at radius 1 is 1.20 bits per heavy atom. The number of amides is 1. The molecule has 1 amide bonds. The molecule has 2 atom stereocenters. The van der Waals surface area contributed by atoms with Crippen LogP contribution in [0.1, 0.15) is 58.1 Å². The van der Waals surface area contributed by atoms with E-state index in [4.69, 9.17) is 19.4 Å². The van der Waals surface area contributed by atoms with Crippen LogP contribution >= 0.6 is 0 Å².